The summed E-state index contributed by atoms with van der Waals surface area (Å²) >= 11 is 7.61. The third-order valence-electron chi connectivity index (χ3n) is 7.62. The quantitative estimate of drug-likeness (QED) is 0.153. The Morgan fingerprint density at radius 3 is 2.23 bits per heavy atom. The number of nitrogens with two attached hydrogens (primary N) is 1. The summed E-state index contributed by atoms with van der Waals surface area (Å²) in [5, 5.41) is 10.3. The maximum atomic E-state index is 10.4. The Balaban J connectivity index is 0.000000646. The van der Waals surface area contributed by atoms with Crippen molar-refractivity contribution in [3.05, 3.63) is 49.9 Å². The lowest BCUT2D eigenvalue weighted by molar-refractivity contribution is -0.119. The first-order valence-corrected chi connectivity index (χ1v) is 16.5. The van der Waals surface area contributed by atoms with Crippen molar-refractivity contribution in [3.8, 4) is 5.75 Å². The molecule has 1 aliphatic carbocycles. The number of amides is 1. The lowest BCUT2D eigenvalue weighted by atomic mass is 9.69. The number of primary amides is 1. The highest BCUT2D eigenvalue weighted by atomic mass is 79.9. The van der Waals surface area contributed by atoms with Gasteiger partial charge < -0.3 is 15.6 Å². The average molecular weight is 670 g/mol. The largest absolute Gasteiger partial charge is 0.508 e. The summed E-state index contributed by atoms with van der Waals surface area (Å²) in [5.41, 5.74) is 9.26. The average Bonchev–Trinajstić information content (AvgIpc) is 3.02. The molecule has 1 amide bonds. The Bertz CT molecular complexity index is 948. The van der Waals surface area contributed by atoms with Crippen molar-refractivity contribution in [3.63, 3.8) is 0 Å². The van der Waals surface area contributed by atoms with Crippen molar-refractivity contribution < 1.29 is 14.7 Å². The third-order valence-corrected chi connectivity index (χ3v) is 8.97. The summed E-state index contributed by atoms with van der Waals surface area (Å²) in [4.78, 5) is 20.6. The first-order chi connectivity index (χ1) is 18.6. The highest BCUT2D eigenvalue weighted by Crippen LogP contribution is 2.50. The van der Waals surface area contributed by atoms with Gasteiger partial charge in [-0.15, -0.1) is 0 Å². The Morgan fingerprint density at radius 2 is 1.69 bits per heavy atom. The molecule has 0 spiro atoms. The smallest absolute Gasteiger partial charge is 0.217 e. The van der Waals surface area contributed by atoms with Gasteiger partial charge in [-0.1, -0.05) is 103 Å². The molecule has 0 bridgehead atoms. The fourth-order valence-electron chi connectivity index (χ4n) is 5.85. The van der Waals surface area contributed by atoms with Gasteiger partial charge in [-0.2, -0.15) is 0 Å². The summed E-state index contributed by atoms with van der Waals surface area (Å²) in [6, 6.07) is 3.93. The number of aromatic hydroxyl groups is 1. The van der Waals surface area contributed by atoms with Crippen molar-refractivity contribution in [2.75, 3.05) is 0 Å². The molecule has 1 aliphatic rings. The summed E-state index contributed by atoms with van der Waals surface area (Å²) in [6.07, 6.45) is 17.8. The van der Waals surface area contributed by atoms with Gasteiger partial charge in [0.05, 0.1) is 0 Å². The molecule has 4 nitrogen and oxygen atoms in total. The van der Waals surface area contributed by atoms with Crippen molar-refractivity contribution in [2.24, 2.45) is 17.6 Å². The SMILES string of the molecule is C/C=C(Br)\C=C1\CCc2cc(O)cc(Br)c2C(C(CCC)CCC)C1CCCC.CC(=O)CCCCC(N)=O. The summed E-state index contributed by atoms with van der Waals surface area (Å²) in [6.45, 7) is 10.6. The number of carbonyl (C=O) groups excluding carboxylic acids is 2. The van der Waals surface area contributed by atoms with Gasteiger partial charge in [0, 0.05) is 21.8 Å². The van der Waals surface area contributed by atoms with E-state index in [1.54, 1.807) is 12.5 Å². The van der Waals surface area contributed by atoms with Crippen LogP contribution in [0.5, 0.6) is 5.75 Å². The number of hydrogen-bond donors (Lipinski definition) is 2. The number of carbonyl (C=O) groups is 2. The van der Waals surface area contributed by atoms with Crippen LogP contribution in [0.4, 0.5) is 0 Å². The van der Waals surface area contributed by atoms with Crippen LogP contribution >= 0.6 is 31.9 Å². The van der Waals surface area contributed by atoms with E-state index in [0.29, 0.717) is 36.3 Å². The molecule has 0 radical (unpaired) electrons. The predicted octanol–water partition coefficient (Wildman–Crippen LogP) is 10.1. The number of Topliss-reactive ketones (excluding diaryl/α,β-unsaturated/α-hetero) is 1. The Labute approximate surface area is 254 Å². The normalized spacial score (nSPS) is 18.4. The molecule has 3 N–H and O–H groups in total. The molecule has 2 rings (SSSR count). The number of allylic oxidation sites excluding steroid dienone is 4. The van der Waals surface area contributed by atoms with Gasteiger partial charge in [-0.3, -0.25) is 4.79 Å². The molecular formula is C33H51Br2NO3. The maximum Gasteiger partial charge on any atom is 0.217 e. The van der Waals surface area contributed by atoms with Gasteiger partial charge in [-0.05, 0) is 93.0 Å². The number of halogens is 2. The van der Waals surface area contributed by atoms with Crippen LogP contribution in [-0.4, -0.2) is 16.8 Å². The van der Waals surface area contributed by atoms with Crippen LogP contribution in [0.3, 0.4) is 0 Å². The van der Waals surface area contributed by atoms with Gasteiger partial charge in [0.15, 0.2) is 0 Å². The van der Waals surface area contributed by atoms with E-state index in [0.717, 1.165) is 30.2 Å². The molecule has 1 aromatic rings. The molecule has 0 saturated carbocycles. The van der Waals surface area contributed by atoms with Gasteiger partial charge in [0.2, 0.25) is 5.91 Å². The molecule has 0 aliphatic heterocycles. The van der Waals surface area contributed by atoms with Crippen LogP contribution in [0.25, 0.3) is 0 Å². The number of ketones is 1. The topological polar surface area (TPSA) is 80.4 Å². The number of hydrogen-bond acceptors (Lipinski definition) is 3. The van der Waals surface area contributed by atoms with Crippen LogP contribution in [-0.2, 0) is 16.0 Å². The first kappa shape index (κ1) is 35.6. The zero-order chi connectivity index (χ0) is 29.4. The number of phenolic OH excluding ortho intramolecular Hbond substituents is 1. The predicted molar refractivity (Wildman–Crippen MR) is 172 cm³/mol. The molecule has 39 heavy (non-hydrogen) atoms. The lowest BCUT2D eigenvalue weighted by Crippen LogP contribution is -2.24. The monoisotopic (exact) mass is 667 g/mol. The van der Waals surface area contributed by atoms with Crippen LogP contribution in [0.15, 0.2) is 38.8 Å². The Kier molecular flexibility index (Phi) is 17.9. The van der Waals surface area contributed by atoms with Crippen molar-refractivity contribution in [1.82, 2.24) is 0 Å². The highest BCUT2D eigenvalue weighted by molar-refractivity contribution is 9.12. The van der Waals surface area contributed by atoms with E-state index in [2.05, 4.69) is 71.7 Å². The Hall–Kier alpha value is -1.40. The lowest BCUT2D eigenvalue weighted by Gasteiger charge is -2.36. The molecule has 2 atom stereocenters. The maximum absolute atomic E-state index is 10.4. The number of benzene rings is 1. The Morgan fingerprint density at radius 1 is 1.05 bits per heavy atom. The van der Waals surface area contributed by atoms with Crippen LogP contribution < -0.4 is 5.73 Å². The first-order valence-electron chi connectivity index (χ1n) is 14.9. The van der Waals surface area contributed by atoms with Gasteiger partial charge in [0.1, 0.15) is 11.5 Å². The molecule has 6 heteroatoms. The highest BCUT2D eigenvalue weighted by Gasteiger charge is 2.36. The third kappa shape index (κ3) is 12.8. The van der Waals surface area contributed by atoms with Crippen LogP contribution in [0.2, 0.25) is 0 Å². The number of phenols is 1. The standard InChI is InChI=1S/C26H38Br2O.C7H13NO2/c1-5-9-12-23-19(15-21(27)8-4)13-14-20-16-22(29)17-24(28)26(20)25(23)18(10-6-2)11-7-3;1-6(9)4-2-3-5-7(8)10/h8,15-18,23,25,29H,5-7,9-14H2,1-4H3;2-5H2,1H3,(H2,8,10)/b19-15-,21-8+;. The summed E-state index contributed by atoms with van der Waals surface area (Å²) in [5.74, 6) is 2.01. The van der Waals surface area contributed by atoms with Crippen LogP contribution in [0, 0.1) is 11.8 Å². The van der Waals surface area contributed by atoms with Crippen molar-refractivity contribution in [2.45, 2.75) is 124 Å². The van der Waals surface area contributed by atoms with E-state index in [1.807, 2.05) is 12.1 Å². The molecule has 0 heterocycles. The molecule has 0 aromatic heterocycles. The van der Waals surface area contributed by atoms with E-state index in [4.69, 9.17) is 5.73 Å². The number of fused-ring (bicyclic) bond motifs is 1. The van der Waals surface area contributed by atoms with Crippen LogP contribution in [0.1, 0.15) is 129 Å². The zero-order valence-corrected chi connectivity index (χ0v) is 28.0. The summed E-state index contributed by atoms with van der Waals surface area (Å²) in [7, 11) is 0. The number of unbranched alkanes of at least 4 members (excludes halogenated alkanes) is 2. The second-order valence-electron chi connectivity index (χ2n) is 10.9. The number of rotatable bonds is 14. The molecule has 0 fully saturated rings. The van der Waals surface area contributed by atoms with Gasteiger partial charge in [0.25, 0.3) is 0 Å². The number of aryl methyl sites for hydroxylation is 1. The second kappa shape index (κ2) is 19.6. The second-order valence-corrected chi connectivity index (χ2v) is 12.7. The van der Waals surface area contributed by atoms with E-state index in [9.17, 15) is 14.7 Å². The van der Waals surface area contributed by atoms with Gasteiger partial charge >= 0.3 is 0 Å². The molecule has 2 unspecified atom stereocenters. The minimum atomic E-state index is -0.288. The van der Waals surface area contributed by atoms with E-state index in [1.165, 1.54) is 60.6 Å². The molecule has 1 aromatic carbocycles. The fourth-order valence-corrected chi connectivity index (χ4v) is 6.89. The molecule has 220 valence electrons. The molecule has 0 saturated heterocycles. The minimum Gasteiger partial charge on any atom is -0.508 e. The van der Waals surface area contributed by atoms with Gasteiger partial charge in [-0.25, -0.2) is 0 Å². The fraction of sp³-hybridized carbons (Fsp3) is 0.636. The minimum absolute atomic E-state index is 0.171. The zero-order valence-electron chi connectivity index (χ0n) is 24.8. The van der Waals surface area contributed by atoms with E-state index >= 15 is 0 Å². The molecular weight excluding hydrogens is 618 g/mol. The van der Waals surface area contributed by atoms with Crippen molar-refractivity contribution >= 4 is 43.6 Å². The summed E-state index contributed by atoms with van der Waals surface area (Å²) < 4.78 is 2.28. The van der Waals surface area contributed by atoms with E-state index in [-0.39, 0.29) is 11.7 Å². The van der Waals surface area contributed by atoms with Crippen molar-refractivity contribution in [1.29, 1.82) is 0 Å². The van der Waals surface area contributed by atoms with E-state index < -0.39 is 0 Å².